The van der Waals surface area contributed by atoms with Gasteiger partial charge in [-0.2, -0.15) is 0 Å². The molecule has 7 nitrogen and oxygen atoms in total. The standard InChI is InChI=1S/C11H11N3O4S2/c12-20(17,18)8-3-1-7(2-4-8)5-13-11-14-9(6-19-11)10(15)16/h1-4,6H,5H2,(H,13,14)(H,15,16)(H2,12,17,18). The minimum atomic E-state index is -3.69. The molecule has 106 valence electrons. The van der Waals surface area contributed by atoms with Crippen molar-refractivity contribution in [1.82, 2.24) is 4.98 Å². The Morgan fingerprint density at radius 3 is 2.50 bits per heavy atom. The van der Waals surface area contributed by atoms with Crippen LogP contribution in [0.25, 0.3) is 0 Å². The van der Waals surface area contributed by atoms with E-state index >= 15 is 0 Å². The second kappa shape index (κ2) is 5.57. The van der Waals surface area contributed by atoms with Crippen molar-refractivity contribution in [3.8, 4) is 0 Å². The average molecular weight is 313 g/mol. The summed E-state index contributed by atoms with van der Waals surface area (Å²) in [5.74, 6) is -1.08. The number of sulfonamides is 1. The largest absolute Gasteiger partial charge is 0.476 e. The van der Waals surface area contributed by atoms with Crippen molar-refractivity contribution < 1.29 is 18.3 Å². The van der Waals surface area contributed by atoms with Gasteiger partial charge >= 0.3 is 5.97 Å². The Bertz CT molecular complexity index is 722. The van der Waals surface area contributed by atoms with Gasteiger partial charge in [0.25, 0.3) is 0 Å². The topological polar surface area (TPSA) is 122 Å². The molecule has 2 rings (SSSR count). The first-order valence-electron chi connectivity index (χ1n) is 5.41. The molecule has 0 spiro atoms. The van der Waals surface area contributed by atoms with Gasteiger partial charge in [-0.3, -0.25) is 0 Å². The normalized spacial score (nSPS) is 11.2. The molecule has 2 aromatic rings. The number of aromatic nitrogens is 1. The number of nitrogens with two attached hydrogens (primary N) is 1. The van der Waals surface area contributed by atoms with Crippen LogP contribution < -0.4 is 10.5 Å². The Labute approximate surface area is 119 Å². The maximum atomic E-state index is 11.1. The molecule has 0 fully saturated rings. The van der Waals surface area contributed by atoms with E-state index in [0.29, 0.717) is 11.7 Å². The molecule has 0 bridgehead atoms. The van der Waals surface area contributed by atoms with Crippen LogP contribution in [0.15, 0.2) is 34.5 Å². The zero-order chi connectivity index (χ0) is 14.8. The van der Waals surface area contributed by atoms with Crippen LogP contribution in [-0.4, -0.2) is 24.5 Å². The highest BCUT2D eigenvalue weighted by Gasteiger charge is 2.09. The molecule has 0 atom stereocenters. The highest BCUT2D eigenvalue weighted by molar-refractivity contribution is 7.89. The summed E-state index contributed by atoms with van der Waals surface area (Å²) in [6, 6.07) is 6.07. The van der Waals surface area contributed by atoms with Gasteiger partial charge in [-0.05, 0) is 17.7 Å². The van der Waals surface area contributed by atoms with E-state index in [-0.39, 0.29) is 10.6 Å². The van der Waals surface area contributed by atoms with E-state index in [9.17, 15) is 13.2 Å². The Balaban J connectivity index is 2.02. The monoisotopic (exact) mass is 313 g/mol. The number of primary sulfonamides is 1. The Morgan fingerprint density at radius 2 is 2.00 bits per heavy atom. The Hall–Kier alpha value is -1.97. The van der Waals surface area contributed by atoms with Crippen LogP contribution in [0.2, 0.25) is 0 Å². The van der Waals surface area contributed by atoms with Crippen LogP contribution >= 0.6 is 11.3 Å². The van der Waals surface area contributed by atoms with E-state index in [2.05, 4.69) is 10.3 Å². The molecule has 0 aliphatic rings. The van der Waals surface area contributed by atoms with Crippen molar-refractivity contribution in [2.24, 2.45) is 5.14 Å². The quantitative estimate of drug-likeness (QED) is 0.759. The summed E-state index contributed by atoms with van der Waals surface area (Å²) < 4.78 is 22.2. The summed E-state index contributed by atoms with van der Waals surface area (Å²) in [6.45, 7) is 0.400. The summed E-state index contributed by atoms with van der Waals surface area (Å²) in [6.07, 6.45) is 0. The van der Waals surface area contributed by atoms with E-state index in [1.165, 1.54) is 28.8 Å². The highest BCUT2D eigenvalue weighted by Crippen LogP contribution is 2.17. The third-order valence-corrected chi connectivity index (χ3v) is 4.15. The number of carboxylic acids is 1. The van der Waals surface area contributed by atoms with E-state index in [0.717, 1.165) is 5.56 Å². The molecule has 0 saturated heterocycles. The van der Waals surface area contributed by atoms with Gasteiger partial charge in [0.1, 0.15) is 0 Å². The van der Waals surface area contributed by atoms with Crippen LogP contribution in [0.1, 0.15) is 16.1 Å². The maximum Gasteiger partial charge on any atom is 0.355 e. The number of nitrogens with one attached hydrogen (secondary N) is 1. The van der Waals surface area contributed by atoms with Gasteiger partial charge in [0.2, 0.25) is 10.0 Å². The fraction of sp³-hybridized carbons (Fsp3) is 0.0909. The lowest BCUT2D eigenvalue weighted by atomic mass is 10.2. The van der Waals surface area contributed by atoms with E-state index in [1.54, 1.807) is 12.1 Å². The van der Waals surface area contributed by atoms with Gasteiger partial charge in [0.15, 0.2) is 10.8 Å². The average Bonchev–Trinajstić information content (AvgIpc) is 2.85. The second-order valence-electron chi connectivity index (χ2n) is 3.89. The lowest BCUT2D eigenvalue weighted by molar-refractivity contribution is 0.0691. The molecular weight excluding hydrogens is 302 g/mol. The number of carboxylic acid groups (broad SMARTS) is 1. The minimum Gasteiger partial charge on any atom is -0.476 e. The number of aromatic carboxylic acids is 1. The van der Waals surface area contributed by atoms with Gasteiger partial charge in [-0.1, -0.05) is 12.1 Å². The number of thiazole rings is 1. The predicted molar refractivity (Wildman–Crippen MR) is 74.2 cm³/mol. The molecule has 1 heterocycles. The zero-order valence-electron chi connectivity index (χ0n) is 10.1. The molecule has 0 aliphatic carbocycles. The lowest BCUT2D eigenvalue weighted by Crippen LogP contribution is -2.12. The fourth-order valence-corrected chi connectivity index (χ4v) is 2.63. The summed E-state index contributed by atoms with van der Waals surface area (Å²) >= 11 is 1.19. The first kappa shape index (κ1) is 14.4. The van der Waals surface area contributed by atoms with Gasteiger partial charge in [-0.15, -0.1) is 11.3 Å². The summed E-state index contributed by atoms with van der Waals surface area (Å²) in [5, 5.41) is 18.6. The van der Waals surface area contributed by atoms with Gasteiger partial charge < -0.3 is 10.4 Å². The van der Waals surface area contributed by atoms with Crippen LogP contribution in [0.5, 0.6) is 0 Å². The summed E-state index contributed by atoms with van der Waals surface area (Å²) in [4.78, 5) is 14.6. The number of nitrogens with zero attached hydrogens (tertiary/aromatic N) is 1. The molecule has 1 aromatic heterocycles. The van der Waals surface area contributed by atoms with Crippen molar-refractivity contribution in [3.63, 3.8) is 0 Å². The molecule has 0 aliphatic heterocycles. The maximum absolute atomic E-state index is 11.1. The number of rotatable bonds is 5. The predicted octanol–water partition coefficient (Wildman–Crippen LogP) is 1.10. The molecule has 20 heavy (non-hydrogen) atoms. The van der Waals surface area contributed by atoms with Crippen molar-refractivity contribution in [2.75, 3.05) is 5.32 Å². The Kier molecular flexibility index (Phi) is 4.02. The molecular formula is C11H11N3O4S2. The first-order valence-corrected chi connectivity index (χ1v) is 7.83. The SMILES string of the molecule is NS(=O)(=O)c1ccc(CNc2nc(C(=O)O)cs2)cc1. The first-order chi connectivity index (χ1) is 9.36. The third kappa shape index (κ3) is 3.53. The van der Waals surface area contributed by atoms with Crippen molar-refractivity contribution in [1.29, 1.82) is 0 Å². The number of carbonyl (C=O) groups is 1. The van der Waals surface area contributed by atoms with Crippen LogP contribution in [-0.2, 0) is 16.6 Å². The van der Waals surface area contributed by atoms with Crippen LogP contribution in [0.3, 0.4) is 0 Å². The fourth-order valence-electron chi connectivity index (χ4n) is 1.43. The van der Waals surface area contributed by atoms with Crippen LogP contribution in [0.4, 0.5) is 5.13 Å². The van der Waals surface area contributed by atoms with Crippen molar-refractivity contribution >= 4 is 32.5 Å². The van der Waals surface area contributed by atoms with Gasteiger partial charge in [0, 0.05) is 11.9 Å². The summed E-state index contributed by atoms with van der Waals surface area (Å²) in [5.41, 5.74) is 0.812. The Morgan fingerprint density at radius 1 is 1.35 bits per heavy atom. The molecule has 0 amide bonds. The molecule has 0 saturated carbocycles. The lowest BCUT2D eigenvalue weighted by Gasteiger charge is -2.04. The number of anilines is 1. The zero-order valence-corrected chi connectivity index (χ0v) is 11.7. The highest BCUT2D eigenvalue weighted by atomic mass is 32.2. The van der Waals surface area contributed by atoms with Crippen LogP contribution in [0, 0.1) is 0 Å². The smallest absolute Gasteiger partial charge is 0.355 e. The van der Waals surface area contributed by atoms with E-state index in [1.807, 2.05) is 0 Å². The van der Waals surface area contributed by atoms with Gasteiger partial charge in [-0.25, -0.2) is 23.3 Å². The molecule has 9 heteroatoms. The second-order valence-corrected chi connectivity index (χ2v) is 6.31. The number of hydrogen-bond acceptors (Lipinski definition) is 6. The van der Waals surface area contributed by atoms with Gasteiger partial charge in [0.05, 0.1) is 4.90 Å². The minimum absolute atomic E-state index is 0.0120. The third-order valence-electron chi connectivity index (χ3n) is 2.42. The molecule has 0 radical (unpaired) electrons. The van der Waals surface area contributed by atoms with Crippen molar-refractivity contribution in [2.45, 2.75) is 11.4 Å². The molecule has 1 aromatic carbocycles. The molecule has 4 N–H and O–H groups in total. The number of benzene rings is 1. The number of hydrogen-bond donors (Lipinski definition) is 3. The van der Waals surface area contributed by atoms with E-state index < -0.39 is 16.0 Å². The van der Waals surface area contributed by atoms with Crippen molar-refractivity contribution in [3.05, 3.63) is 40.9 Å². The molecule has 0 unspecified atom stereocenters. The van der Waals surface area contributed by atoms with E-state index in [4.69, 9.17) is 10.2 Å². The summed E-state index contributed by atoms with van der Waals surface area (Å²) in [7, 11) is -3.69.